The third-order valence-electron chi connectivity index (χ3n) is 6.86. The van der Waals surface area contributed by atoms with Gasteiger partial charge in [-0.2, -0.15) is 0 Å². The molecule has 1 N–H and O–H groups in total. The normalized spacial score (nSPS) is 22.0. The van der Waals surface area contributed by atoms with Crippen LogP contribution >= 0.6 is 0 Å². The maximum atomic E-state index is 13.0. The number of nitrogens with one attached hydrogen (secondary N) is 1. The molecule has 2 heterocycles. The van der Waals surface area contributed by atoms with Crippen molar-refractivity contribution in [1.29, 1.82) is 0 Å². The van der Waals surface area contributed by atoms with Crippen LogP contribution in [0.5, 0.6) is 11.5 Å². The number of rotatable bonds is 5. The van der Waals surface area contributed by atoms with Crippen molar-refractivity contribution in [1.82, 2.24) is 15.1 Å². The van der Waals surface area contributed by atoms with Crippen LogP contribution < -0.4 is 14.8 Å². The van der Waals surface area contributed by atoms with Crippen molar-refractivity contribution in [3.8, 4) is 11.5 Å². The van der Waals surface area contributed by atoms with Crippen molar-refractivity contribution in [3.63, 3.8) is 0 Å². The summed E-state index contributed by atoms with van der Waals surface area (Å²) >= 11 is 0. The zero-order valence-electron chi connectivity index (χ0n) is 18.2. The Morgan fingerprint density at radius 3 is 2.77 bits per heavy atom. The molecule has 6 nitrogen and oxygen atoms in total. The second-order valence-electron chi connectivity index (χ2n) is 8.83. The van der Waals surface area contributed by atoms with Crippen molar-refractivity contribution < 1.29 is 14.3 Å². The first-order valence-electron chi connectivity index (χ1n) is 11.4. The van der Waals surface area contributed by atoms with Crippen molar-refractivity contribution in [2.75, 3.05) is 33.0 Å². The van der Waals surface area contributed by atoms with Crippen molar-refractivity contribution in [2.24, 2.45) is 0 Å². The first-order chi connectivity index (χ1) is 15.2. The summed E-state index contributed by atoms with van der Waals surface area (Å²) in [6.45, 7) is 6.96. The van der Waals surface area contributed by atoms with Crippen LogP contribution in [0.15, 0.2) is 42.5 Å². The minimum Gasteiger partial charge on any atom is -0.454 e. The number of nitrogens with zero attached hydrogens (tertiary/aromatic N) is 2. The predicted molar refractivity (Wildman–Crippen MR) is 119 cm³/mol. The summed E-state index contributed by atoms with van der Waals surface area (Å²) in [5, 5.41) is 3.33. The molecule has 2 aromatic carbocycles. The molecule has 6 heteroatoms. The topological polar surface area (TPSA) is 54.0 Å². The summed E-state index contributed by atoms with van der Waals surface area (Å²) in [4.78, 5) is 17.8. The molecule has 5 rings (SSSR count). The van der Waals surface area contributed by atoms with Crippen molar-refractivity contribution >= 4 is 5.91 Å². The highest BCUT2D eigenvalue weighted by atomic mass is 16.7. The number of piperazine rings is 1. The molecule has 3 aliphatic rings. The Hall–Kier alpha value is -2.57. The summed E-state index contributed by atoms with van der Waals surface area (Å²) in [5.74, 6) is 1.81. The number of ether oxygens (including phenoxy) is 2. The lowest BCUT2D eigenvalue weighted by atomic mass is 9.87. The van der Waals surface area contributed by atoms with Crippen LogP contribution in [0.3, 0.4) is 0 Å². The molecule has 164 valence electrons. The van der Waals surface area contributed by atoms with Crippen LogP contribution in [0, 0.1) is 0 Å². The quantitative estimate of drug-likeness (QED) is 0.804. The smallest absolute Gasteiger partial charge is 0.237 e. The first-order valence-corrected chi connectivity index (χ1v) is 11.4. The lowest BCUT2D eigenvalue weighted by molar-refractivity contribution is -0.127. The number of amides is 1. The van der Waals surface area contributed by atoms with Crippen LogP contribution in [0.2, 0.25) is 0 Å². The predicted octanol–water partition coefficient (Wildman–Crippen LogP) is 3.12. The van der Waals surface area contributed by atoms with E-state index in [1.165, 1.54) is 16.7 Å². The van der Waals surface area contributed by atoms with E-state index in [0.717, 1.165) is 63.5 Å². The van der Waals surface area contributed by atoms with Crippen LogP contribution in [0.4, 0.5) is 0 Å². The Kier molecular flexibility index (Phi) is 5.83. The van der Waals surface area contributed by atoms with E-state index in [9.17, 15) is 4.79 Å². The number of carbonyl (C=O) groups excluding carboxylic acids is 1. The van der Waals surface area contributed by atoms with Crippen molar-refractivity contribution in [2.45, 2.75) is 44.8 Å². The van der Waals surface area contributed by atoms with Crippen molar-refractivity contribution in [3.05, 3.63) is 59.2 Å². The summed E-state index contributed by atoms with van der Waals surface area (Å²) in [7, 11) is 0. The van der Waals surface area contributed by atoms with E-state index in [2.05, 4.69) is 51.5 Å². The van der Waals surface area contributed by atoms with Crippen LogP contribution in [-0.4, -0.2) is 54.7 Å². The van der Waals surface area contributed by atoms with E-state index >= 15 is 0 Å². The number of fused-ring (bicyclic) bond motifs is 2. The highest BCUT2D eigenvalue weighted by Crippen LogP contribution is 2.33. The van der Waals surface area contributed by atoms with Gasteiger partial charge < -0.3 is 14.8 Å². The van der Waals surface area contributed by atoms with Gasteiger partial charge in [0.2, 0.25) is 12.7 Å². The second-order valence-corrected chi connectivity index (χ2v) is 8.83. The molecule has 1 amide bonds. The highest BCUT2D eigenvalue weighted by molar-refractivity contribution is 5.81. The third kappa shape index (κ3) is 4.41. The summed E-state index contributed by atoms with van der Waals surface area (Å²) in [6.07, 6.45) is 3.27. The van der Waals surface area contributed by atoms with E-state index in [-0.39, 0.29) is 18.0 Å². The lowest BCUT2D eigenvalue weighted by Crippen LogP contribution is -2.54. The zero-order valence-corrected chi connectivity index (χ0v) is 18.2. The summed E-state index contributed by atoms with van der Waals surface area (Å²) in [6, 6.07) is 14.7. The maximum absolute atomic E-state index is 13.0. The van der Waals surface area contributed by atoms with Crippen LogP contribution in [0.25, 0.3) is 0 Å². The fourth-order valence-electron chi connectivity index (χ4n) is 4.97. The molecule has 1 saturated heterocycles. The SMILES string of the molecule is C[C@H](C(=O)N[C@@H]1CCCc2ccccc21)N1CCN(Cc2ccc3c(c2)OCO3)CC1. The number of carbonyl (C=O) groups is 1. The molecule has 0 unspecified atom stereocenters. The molecule has 0 radical (unpaired) electrons. The average Bonchev–Trinajstić information content (AvgIpc) is 3.27. The monoisotopic (exact) mass is 421 g/mol. The largest absolute Gasteiger partial charge is 0.454 e. The van der Waals surface area contributed by atoms with E-state index in [4.69, 9.17) is 9.47 Å². The molecular formula is C25H31N3O3. The van der Waals surface area contributed by atoms with Gasteiger partial charge in [-0.1, -0.05) is 30.3 Å². The van der Waals surface area contributed by atoms with Crippen LogP contribution in [0.1, 0.15) is 42.5 Å². The minimum atomic E-state index is -0.109. The number of benzene rings is 2. The fourth-order valence-corrected chi connectivity index (χ4v) is 4.97. The Morgan fingerprint density at radius 2 is 1.90 bits per heavy atom. The van der Waals surface area contributed by atoms with Gasteiger partial charge in [-0.05, 0) is 55.0 Å². The van der Waals surface area contributed by atoms with Gasteiger partial charge in [0.1, 0.15) is 0 Å². The van der Waals surface area contributed by atoms with E-state index < -0.39 is 0 Å². The minimum absolute atomic E-state index is 0.109. The summed E-state index contributed by atoms with van der Waals surface area (Å²) < 4.78 is 10.9. The zero-order chi connectivity index (χ0) is 21.2. The van der Waals surface area contributed by atoms with Crippen LogP contribution in [-0.2, 0) is 17.8 Å². The fraction of sp³-hybridized carbons (Fsp3) is 0.480. The van der Waals surface area contributed by atoms with Gasteiger partial charge in [0.05, 0.1) is 12.1 Å². The van der Waals surface area contributed by atoms with Gasteiger partial charge >= 0.3 is 0 Å². The molecule has 31 heavy (non-hydrogen) atoms. The molecular weight excluding hydrogens is 390 g/mol. The average molecular weight is 422 g/mol. The second kappa shape index (κ2) is 8.89. The van der Waals surface area contributed by atoms with Gasteiger partial charge in [-0.15, -0.1) is 0 Å². The number of hydrogen-bond donors (Lipinski definition) is 1. The number of aryl methyl sites for hydroxylation is 1. The molecule has 0 aromatic heterocycles. The molecule has 0 spiro atoms. The Balaban J connectivity index is 1.13. The molecule has 2 atom stereocenters. The van der Waals surface area contributed by atoms with Gasteiger partial charge in [-0.25, -0.2) is 0 Å². The molecule has 2 aromatic rings. The van der Waals surface area contributed by atoms with Gasteiger partial charge in [0.25, 0.3) is 0 Å². The summed E-state index contributed by atoms with van der Waals surface area (Å²) in [5.41, 5.74) is 3.91. The van der Waals surface area contributed by atoms with Gasteiger partial charge in [-0.3, -0.25) is 14.6 Å². The van der Waals surface area contributed by atoms with Gasteiger partial charge in [0.15, 0.2) is 11.5 Å². The molecule has 0 saturated carbocycles. The van der Waals surface area contributed by atoms with Gasteiger partial charge in [0, 0.05) is 32.7 Å². The molecule has 2 aliphatic heterocycles. The molecule has 0 bridgehead atoms. The van der Waals surface area contributed by atoms with E-state index in [0.29, 0.717) is 6.79 Å². The highest BCUT2D eigenvalue weighted by Gasteiger charge is 2.29. The molecule has 1 aliphatic carbocycles. The lowest BCUT2D eigenvalue weighted by Gasteiger charge is -2.38. The standard InChI is InChI=1S/C25H31N3O3/c1-18(25(29)26-22-8-4-6-20-5-2-3-7-21(20)22)28-13-11-27(12-14-28)16-19-9-10-23-24(15-19)31-17-30-23/h2-3,5,7,9-10,15,18,22H,4,6,8,11-14,16-17H2,1H3,(H,26,29)/t18-,22-/m1/s1. The Bertz CT molecular complexity index is 939. The number of hydrogen-bond acceptors (Lipinski definition) is 5. The Labute approximate surface area is 184 Å². The Morgan fingerprint density at radius 1 is 1.10 bits per heavy atom. The maximum Gasteiger partial charge on any atom is 0.237 e. The first kappa shape index (κ1) is 20.3. The van der Waals surface area contributed by atoms with E-state index in [1.807, 2.05) is 13.0 Å². The molecule has 1 fully saturated rings. The third-order valence-corrected chi connectivity index (χ3v) is 6.86. The van der Waals surface area contributed by atoms with E-state index in [1.54, 1.807) is 0 Å².